The number of piperidine rings is 1. The van der Waals surface area contributed by atoms with E-state index in [1.807, 2.05) is 23.1 Å². The van der Waals surface area contributed by atoms with E-state index in [1.54, 1.807) is 11.2 Å². The van der Waals surface area contributed by atoms with Crippen LogP contribution in [-0.4, -0.2) is 64.4 Å². The molecule has 1 aromatic heterocycles. The molecule has 3 heterocycles. The van der Waals surface area contributed by atoms with Crippen LogP contribution in [0.2, 0.25) is 0 Å². The van der Waals surface area contributed by atoms with Crippen LogP contribution < -0.4 is 0 Å². The topological polar surface area (TPSA) is 58.4 Å². The molecular formula is C16H28N4O2S. The highest BCUT2D eigenvalue weighted by Gasteiger charge is 2.46. The zero-order chi connectivity index (χ0) is 16.6. The van der Waals surface area contributed by atoms with Crippen molar-refractivity contribution >= 4 is 10.0 Å². The summed E-state index contributed by atoms with van der Waals surface area (Å²) < 4.78 is 28.1. The summed E-state index contributed by atoms with van der Waals surface area (Å²) in [5, 5.41) is 4.34. The van der Waals surface area contributed by atoms with Crippen LogP contribution in [0.3, 0.4) is 0 Å². The largest absolute Gasteiger partial charge is 0.293 e. The quantitative estimate of drug-likeness (QED) is 0.813. The normalized spacial score (nSPS) is 30.0. The summed E-state index contributed by atoms with van der Waals surface area (Å²) in [5.41, 5.74) is 0. The highest BCUT2D eigenvalue weighted by Crippen LogP contribution is 2.38. The van der Waals surface area contributed by atoms with Gasteiger partial charge >= 0.3 is 0 Å². The molecule has 3 rings (SSSR count). The van der Waals surface area contributed by atoms with Gasteiger partial charge in [-0.2, -0.15) is 5.10 Å². The first-order chi connectivity index (χ1) is 10.9. The Morgan fingerprint density at radius 1 is 1.35 bits per heavy atom. The predicted molar refractivity (Wildman–Crippen MR) is 90.5 cm³/mol. The van der Waals surface area contributed by atoms with E-state index >= 15 is 0 Å². The number of sulfonamides is 1. The number of hydrogen-bond acceptors (Lipinski definition) is 4. The Hall–Kier alpha value is -0.920. The minimum absolute atomic E-state index is 0.203. The van der Waals surface area contributed by atoms with Crippen molar-refractivity contribution in [1.82, 2.24) is 19.0 Å². The number of aromatic nitrogens is 2. The highest BCUT2D eigenvalue weighted by molar-refractivity contribution is 7.89. The van der Waals surface area contributed by atoms with E-state index in [0.717, 1.165) is 19.4 Å². The summed E-state index contributed by atoms with van der Waals surface area (Å²) in [4.78, 5) is 2.60. The maximum absolute atomic E-state index is 12.2. The smallest absolute Gasteiger partial charge is 0.213 e. The first-order valence-corrected chi connectivity index (χ1v) is 10.3. The van der Waals surface area contributed by atoms with E-state index in [9.17, 15) is 8.42 Å². The van der Waals surface area contributed by atoms with E-state index in [1.165, 1.54) is 0 Å². The van der Waals surface area contributed by atoms with Crippen molar-refractivity contribution in [2.24, 2.45) is 5.92 Å². The molecule has 0 radical (unpaired) electrons. The fourth-order valence-electron chi connectivity index (χ4n) is 4.39. The average Bonchev–Trinajstić information content (AvgIpc) is 3.13. The number of hydrogen-bond donors (Lipinski definition) is 0. The number of rotatable bonds is 5. The molecular weight excluding hydrogens is 312 g/mol. The minimum atomic E-state index is -3.07. The van der Waals surface area contributed by atoms with Gasteiger partial charge in [0.2, 0.25) is 10.0 Å². The second-order valence-corrected chi connectivity index (χ2v) is 9.29. The SMILES string of the molecule is CCS(=O)(=O)N1CC[C@H]2[C@H](C[C@@H](Cn3cccn3)N2C(C)C)C1. The summed E-state index contributed by atoms with van der Waals surface area (Å²) in [6.07, 6.45) is 5.82. The number of nitrogens with zero attached hydrogens (tertiary/aromatic N) is 4. The Kier molecular flexibility index (Phi) is 4.80. The lowest BCUT2D eigenvalue weighted by Gasteiger charge is -2.39. The Bertz CT molecular complexity index is 614. The minimum Gasteiger partial charge on any atom is -0.293 e. The molecule has 2 saturated heterocycles. The Morgan fingerprint density at radius 2 is 2.13 bits per heavy atom. The van der Waals surface area contributed by atoms with Gasteiger partial charge in [-0.25, -0.2) is 12.7 Å². The van der Waals surface area contributed by atoms with Crippen LogP contribution in [0.4, 0.5) is 0 Å². The first-order valence-electron chi connectivity index (χ1n) is 8.65. The summed E-state index contributed by atoms with van der Waals surface area (Å²) >= 11 is 0. The lowest BCUT2D eigenvalue weighted by atomic mass is 9.93. The standard InChI is InChI=1S/C16H28N4O2S/c1-4-23(21,22)19-9-6-16-14(11-19)10-15(20(16)13(2)3)12-18-8-5-7-17-18/h5,7-8,13-16H,4,6,9-12H2,1-3H3/t14-,15+,16+/m1/s1. The molecule has 0 N–H and O–H groups in total. The van der Waals surface area contributed by atoms with Gasteiger partial charge in [0, 0.05) is 43.6 Å². The van der Waals surface area contributed by atoms with Crippen LogP contribution >= 0.6 is 0 Å². The van der Waals surface area contributed by atoms with Crippen molar-refractivity contribution < 1.29 is 8.42 Å². The molecule has 0 bridgehead atoms. The Morgan fingerprint density at radius 3 is 2.74 bits per heavy atom. The van der Waals surface area contributed by atoms with Crippen molar-refractivity contribution in [3.63, 3.8) is 0 Å². The van der Waals surface area contributed by atoms with E-state index in [2.05, 4.69) is 23.8 Å². The third-order valence-corrected chi connectivity index (χ3v) is 7.20. The molecule has 2 aliphatic rings. The summed E-state index contributed by atoms with van der Waals surface area (Å²) in [6, 6.07) is 3.37. The Labute approximate surface area is 139 Å². The van der Waals surface area contributed by atoms with Crippen LogP contribution in [0.25, 0.3) is 0 Å². The lowest BCUT2D eigenvalue weighted by Crippen LogP contribution is -2.51. The maximum Gasteiger partial charge on any atom is 0.213 e. The number of likely N-dealkylation sites (tertiary alicyclic amines) is 1. The molecule has 0 saturated carbocycles. The molecule has 2 fully saturated rings. The molecule has 0 aromatic carbocycles. The first kappa shape index (κ1) is 16.9. The van der Waals surface area contributed by atoms with Crippen LogP contribution in [0.15, 0.2) is 18.5 Å². The molecule has 0 amide bonds. The van der Waals surface area contributed by atoms with Gasteiger partial charge in [0.1, 0.15) is 0 Å². The van der Waals surface area contributed by atoms with Crippen molar-refractivity contribution in [1.29, 1.82) is 0 Å². The number of fused-ring (bicyclic) bond motifs is 1. The van der Waals surface area contributed by atoms with Crippen LogP contribution in [0, 0.1) is 5.92 Å². The van der Waals surface area contributed by atoms with E-state index in [0.29, 0.717) is 37.1 Å². The molecule has 2 aliphatic heterocycles. The van der Waals surface area contributed by atoms with Crippen molar-refractivity contribution in [2.45, 2.75) is 58.3 Å². The maximum atomic E-state index is 12.2. The van der Waals surface area contributed by atoms with E-state index in [4.69, 9.17) is 0 Å². The van der Waals surface area contributed by atoms with Gasteiger partial charge in [0.25, 0.3) is 0 Å². The second kappa shape index (κ2) is 6.53. The molecule has 7 heteroatoms. The summed E-state index contributed by atoms with van der Waals surface area (Å²) in [7, 11) is -3.07. The molecule has 0 aliphatic carbocycles. The fraction of sp³-hybridized carbons (Fsp3) is 0.812. The predicted octanol–water partition coefficient (Wildman–Crippen LogP) is 1.41. The molecule has 1 aromatic rings. The monoisotopic (exact) mass is 340 g/mol. The fourth-order valence-corrected chi connectivity index (χ4v) is 5.55. The van der Waals surface area contributed by atoms with Gasteiger partial charge in [-0.1, -0.05) is 0 Å². The van der Waals surface area contributed by atoms with E-state index in [-0.39, 0.29) is 5.75 Å². The van der Waals surface area contributed by atoms with Crippen LogP contribution in [-0.2, 0) is 16.6 Å². The van der Waals surface area contributed by atoms with Crippen LogP contribution in [0.1, 0.15) is 33.6 Å². The molecule has 130 valence electrons. The van der Waals surface area contributed by atoms with Crippen molar-refractivity contribution in [3.05, 3.63) is 18.5 Å². The van der Waals surface area contributed by atoms with E-state index < -0.39 is 10.0 Å². The zero-order valence-corrected chi connectivity index (χ0v) is 15.1. The van der Waals surface area contributed by atoms with Crippen molar-refractivity contribution in [2.75, 3.05) is 18.8 Å². The Balaban J connectivity index is 1.76. The lowest BCUT2D eigenvalue weighted by molar-refractivity contribution is 0.0960. The second-order valence-electron chi connectivity index (χ2n) is 7.03. The molecule has 0 unspecified atom stereocenters. The highest BCUT2D eigenvalue weighted by atomic mass is 32.2. The van der Waals surface area contributed by atoms with Gasteiger partial charge in [-0.3, -0.25) is 9.58 Å². The molecule has 23 heavy (non-hydrogen) atoms. The van der Waals surface area contributed by atoms with Gasteiger partial charge < -0.3 is 0 Å². The zero-order valence-electron chi connectivity index (χ0n) is 14.3. The third-order valence-electron chi connectivity index (χ3n) is 5.35. The molecule has 0 spiro atoms. The van der Waals surface area contributed by atoms with Gasteiger partial charge in [0.05, 0.1) is 12.3 Å². The van der Waals surface area contributed by atoms with Gasteiger partial charge in [-0.05, 0) is 45.6 Å². The molecule has 6 nitrogen and oxygen atoms in total. The summed E-state index contributed by atoms with van der Waals surface area (Å²) in [6.45, 7) is 8.45. The van der Waals surface area contributed by atoms with Gasteiger partial charge in [0.15, 0.2) is 0 Å². The van der Waals surface area contributed by atoms with Crippen LogP contribution in [0.5, 0.6) is 0 Å². The van der Waals surface area contributed by atoms with Gasteiger partial charge in [-0.15, -0.1) is 0 Å². The average molecular weight is 340 g/mol. The summed E-state index contributed by atoms with van der Waals surface area (Å²) in [5.74, 6) is 0.641. The van der Waals surface area contributed by atoms with Crippen molar-refractivity contribution in [3.8, 4) is 0 Å². The third kappa shape index (κ3) is 3.32. The molecule has 3 atom stereocenters.